The van der Waals surface area contributed by atoms with Gasteiger partial charge in [0, 0.05) is 12.6 Å². The summed E-state index contributed by atoms with van der Waals surface area (Å²) in [5.74, 6) is 0.0713. The maximum absolute atomic E-state index is 11.5. The summed E-state index contributed by atoms with van der Waals surface area (Å²) in [6.07, 6.45) is 7.78. The molecule has 1 aliphatic carbocycles. The molecule has 0 aromatic heterocycles. The Morgan fingerprint density at radius 1 is 1.33 bits per heavy atom. The second-order valence-corrected chi connectivity index (χ2v) is 5.18. The molecule has 4 nitrogen and oxygen atoms in total. The van der Waals surface area contributed by atoms with Gasteiger partial charge in [-0.2, -0.15) is 0 Å². The van der Waals surface area contributed by atoms with Crippen molar-refractivity contribution in [2.75, 3.05) is 19.7 Å². The van der Waals surface area contributed by atoms with Crippen molar-refractivity contribution in [3.05, 3.63) is 0 Å². The van der Waals surface area contributed by atoms with Crippen LogP contribution in [0.5, 0.6) is 0 Å². The zero-order valence-electron chi connectivity index (χ0n) is 11.8. The fourth-order valence-corrected chi connectivity index (χ4v) is 2.16. The monoisotopic (exact) mass is 256 g/mol. The molecule has 0 aromatic rings. The van der Waals surface area contributed by atoms with Crippen molar-refractivity contribution in [3.8, 4) is 0 Å². The van der Waals surface area contributed by atoms with E-state index in [0.717, 1.165) is 13.0 Å². The molecule has 0 aromatic carbocycles. The van der Waals surface area contributed by atoms with E-state index in [4.69, 9.17) is 4.74 Å². The second kappa shape index (κ2) is 9.34. The summed E-state index contributed by atoms with van der Waals surface area (Å²) in [4.78, 5) is 11.5. The molecule has 1 rings (SSSR count). The third-order valence-electron chi connectivity index (χ3n) is 3.49. The number of carbonyl (C=O) groups is 1. The van der Waals surface area contributed by atoms with Gasteiger partial charge in [-0.15, -0.1) is 0 Å². The summed E-state index contributed by atoms with van der Waals surface area (Å²) in [5, 5.41) is 6.04. The Kier molecular flexibility index (Phi) is 8.01. The molecule has 2 N–H and O–H groups in total. The molecule has 0 spiro atoms. The van der Waals surface area contributed by atoms with E-state index in [2.05, 4.69) is 17.6 Å². The molecule has 4 heteroatoms. The summed E-state index contributed by atoms with van der Waals surface area (Å²) in [5.41, 5.74) is 0. The number of rotatable bonds is 8. The van der Waals surface area contributed by atoms with Gasteiger partial charge in [-0.3, -0.25) is 4.79 Å². The van der Waals surface area contributed by atoms with Crippen LogP contribution in [0.3, 0.4) is 0 Å². The Labute approximate surface area is 111 Å². The van der Waals surface area contributed by atoms with Crippen molar-refractivity contribution in [3.63, 3.8) is 0 Å². The fraction of sp³-hybridized carbons (Fsp3) is 0.929. The highest BCUT2D eigenvalue weighted by atomic mass is 16.5. The lowest BCUT2D eigenvalue weighted by Crippen LogP contribution is -2.39. The smallest absolute Gasteiger partial charge is 0.234 e. The molecular weight excluding hydrogens is 228 g/mol. The Hall–Kier alpha value is -0.610. The summed E-state index contributed by atoms with van der Waals surface area (Å²) in [6, 6.07) is 0.262. The normalized spacial score (nSPS) is 18.6. The topological polar surface area (TPSA) is 50.4 Å². The van der Waals surface area contributed by atoms with Crippen molar-refractivity contribution in [1.29, 1.82) is 0 Å². The van der Waals surface area contributed by atoms with Crippen LogP contribution in [-0.4, -0.2) is 37.7 Å². The standard InChI is InChI=1S/C14H28N2O2/c1-3-12(2)16-14(17)11-15-9-10-18-13-7-5-4-6-8-13/h12-13,15H,3-11H2,1-2H3,(H,16,17). The molecule has 0 saturated heterocycles. The van der Waals surface area contributed by atoms with Crippen LogP contribution in [-0.2, 0) is 9.53 Å². The van der Waals surface area contributed by atoms with Gasteiger partial charge in [0.05, 0.1) is 19.3 Å². The highest BCUT2D eigenvalue weighted by Gasteiger charge is 2.13. The third kappa shape index (κ3) is 6.97. The average molecular weight is 256 g/mol. The van der Waals surface area contributed by atoms with Gasteiger partial charge in [0.15, 0.2) is 0 Å². The molecule has 18 heavy (non-hydrogen) atoms. The van der Waals surface area contributed by atoms with Gasteiger partial charge in [0.1, 0.15) is 0 Å². The minimum Gasteiger partial charge on any atom is -0.377 e. The van der Waals surface area contributed by atoms with Crippen molar-refractivity contribution in [2.45, 2.75) is 64.5 Å². The molecule has 0 heterocycles. The molecule has 1 aliphatic rings. The first-order valence-corrected chi connectivity index (χ1v) is 7.34. The molecular formula is C14H28N2O2. The van der Waals surface area contributed by atoms with Gasteiger partial charge in [-0.05, 0) is 26.2 Å². The van der Waals surface area contributed by atoms with Crippen LogP contribution in [0.4, 0.5) is 0 Å². The van der Waals surface area contributed by atoms with E-state index in [-0.39, 0.29) is 11.9 Å². The Balaban J connectivity index is 1.92. The summed E-state index contributed by atoms with van der Waals surface area (Å²) in [7, 11) is 0. The quantitative estimate of drug-likeness (QED) is 0.652. The molecule has 106 valence electrons. The summed E-state index contributed by atoms with van der Waals surface area (Å²) in [6.45, 7) is 5.94. The van der Waals surface area contributed by atoms with Crippen LogP contribution in [0.25, 0.3) is 0 Å². The highest BCUT2D eigenvalue weighted by molar-refractivity contribution is 5.78. The first kappa shape index (κ1) is 15.4. The number of nitrogens with one attached hydrogen (secondary N) is 2. The number of hydrogen-bond acceptors (Lipinski definition) is 3. The predicted octanol–water partition coefficient (Wildman–Crippen LogP) is 1.84. The van der Waals surface area contributed by atoms with Crippen LogP contribution in [0, 0.1) is 0 Å². The largest absolute Gasteiger partial charge is 0.377 e. The van der Waals surface area contributed by atoms with Crippen molar-refractivity contribution < 1.29 is 9.53 Å². The Bertz CT molecular complexity index is 228. The average Bonchev–Trinajstić information content (AvgIpc) is 2.39. The molecule has 0 bridgehead atoms. The second-order valence-electron chi connectivity index (χ2n) is 5.18. The molecule has 0 aliphatic heterocycles. The SMILES string of the molecule is CCC(C)NC(=O)CNCCOC1CCCCC1. The predicted molar refractivity (Wildman–Crippen MR) is 73.6 cm³/mol. The summed E-state index contributed by atoms with van der Waals surface area (Å²) >= 11 is 0. The maximum Gasteiger partial charge on any atom is 0.234 e. The number of carbonyl (C=O) groups excluding carboxylic acids is 1. The minimum absolute atomic E-state index is 0.0713. The molecule has 1 unspecified atom stereocenters. The first-order chi connectivity index (χ1) is 8.72. The van der Waals surface area contributed by atoms with Crippen molar-refractivity contribution >= 4 is 5.91 Å². The van der Waals surface area contributed by atoms with Crippen LogP contribution in [0.15, 0.2) is 0 Å². The molecule has 0 radical (unpaired) electrons. The van der Waals surface area contributed by atoms with Gasteiger partial charge >= 0.3 is 0 Å². The fourth-order valence-electron chi connectivity index (χ4n) is 2.16. The van der Waals surface area contributed by atoms with E-state index < -0.39 is 0 Å². The Morgan fingerprint density at radius 2 is 2.06 bits per heavy atom. The highest BCUT2D eigenvalue weighted by Crippen LogP contribution is 2.19. The van der Waals surface area contributed by atoms with E-state index >= 15 is 0 Å². The van der Waals surface area contributed by atoms with E-state index in [9.17, 15) is 4.79 Å². The molecule has 1 fully saturated rings. The van der Waals surface area contributed by atoms with Gasteiger partial charge in [0.25, 0.3) is 0 Å². The lowest BCUT2D eigenvalue weighted by molar-refractivity contribution is -0.120. The summed E-state index contributed by atoms with van der Waals surface area (Å²) < 4.78 is 5.77. The zero-order valence-corrected chi connectivity index (χ0v) is 11.8. The Morgan fingerprint density at radius 3 is 2.72 bits per heavy atom. The number of ether oxygens (including phenoxy) is 1. The first-order valence-electron chi connectivity index (χ1n) is 7.34. The maximum atomic E-state index is 11.5. The van der Waals surface area contributed by atoms with Crippen LogP contribution in [0.1, 0.15) is 52.4 Å². The lowest BCUT2D eigenvalue weighted by Gasteiger charge is -2.22. The lowest BCUT2D eigenvalue weighted by atomic mass is 9.98. The molecule has 1 atom stereocenters. The van der Waals surface area contributed by atoms with Gasteiger partial charge < -0.3 is 15.4 Å². The van der Waals surface area contributed by atoms with Crippen LogP contribution >= 0.6 is 0 Å². The van der Waals surface area contributed by atoms with Gasteiger partial charge in [0.2, 0.25) is 5.91 Å². The minimum atomic E-state index is 0.0713. The van der Waals surface area contributed by atoms with Crippen LogP contribution < -0.4 is 10.6 Å². The number of hydrogen-bond donors (Lipinski definition) is 2. The van der Waals surface area contributed by atoms with Crippen LogP contribution in [0.2, 0.25) is 0 Å². The van der Waals surface area contributed by atoms with E-state index in [1.165, 1.54) is 32.1 Å². The van der Waals surface area contributed by atoms with Gasteiger partial charge in [-0.25, -0.2) is 0 Å². The molecule has 1 saturated carbocycles. The van der Waals surface area contributed by atoms with Crippen molar-refractivity contribution in [1.82, 2.24) is 10.6 Å². The molecule has 1 amide bonds. The third-order valence-corrected chi connectivity index (χ3v) is 3.49. The van der Waals surface area contributed by atoms with Gasteiger partial charge in [-0.1, -0.05) is 26.2 Å². The van der Waals surface area contributed by atoms with E-state index in [1.807, 2.05) is 6.92 Å². The van der Waals surface area contributed by atoms with E-state index in [1.54, 1.807) is 0 Å². The zero-order chi connectivity index (χ0) is 13.2. The van der Waals surface area contributed by atoms with E-state index in [0.29, 0.717) is 19.3 Å². The van der Waals surface area contributed by atoms with Crippen molar-refractivity contribution in [2.24, 2.45) is 0 Å². The number of amides is 1.